The first kappa shape index (κ1) is 15.7. The zero-order valence-electron chi connectivity index (χ0n) is 13.7. The summed E-state index contributed by atoms with van der Waals surface area (Å²) in [4.78, 5) is 14.9. The lowest BCUT2D eigenvalue weighted by molar-refractivity contribution is 1.03. The van der Waals surface area contributed by atoms with E-state index in [1.54, 1.807) is 17.5 Å². The number of H-pyrrole nitrogens is 1. The van der Waals surface area contributed by atoms with Crippen molar-refractivity contribution in [2.24, 2.45) is 0 Å². The van der Waals surface area contributed by atoms with Crippen LogP contribution in [-0.4, -0.2) is 15.0 Å². The number of halogens is 1. The molecule has 4 nitrogen and oxygen atoms in total. The maximum Gasteiger partial charge on any atom is 0.171 e. The van der Waals surface area contributed by atoms with Gasteiger partial charge in [0, 0.05) is 16.3 Å². The Kier molecular flexibility index (Phi) is 4.06. The van der Waals surface area contributed by atoms with E-state index >= 15 is 0 Å². The maximum absolute atomic E-state index is 6.31. The molecule has 0 spiro atoms. The highest BCUT2D eigenvalue weighted by Gasteiger charge is 2.26. The number of hydrogen-bond acceptors (Lipinski definition) is 4. The molecule has 0 aromatic carbocycles. The van der Waals surface area contributed by atoms with E-state index in [9.17, 15) is 0 Å². The summed E-state index contributed by atoms with van der Waals surface area (Å²) in [6, 6.07) is 6.37. The Morgan fingerprint density at radius 3 is 2.92 bits per heavy atom. The Morgan fingerprint density at radius 1 is 1.38 bits per heavy atom. The van der Waals surface area contributed by atoms with Crippen molar-refractivity contribution >= 4 is 34.4 Å². The molecule has 3 aromatic heterocycles. The van der Waals surface area contributed by atoms with Crippen LogP contribution < -0.4 is 5.32 Å². The third-order valence-corrected chi connectivity index (χ3v) is 5.78. The number of hydrogen-bond donors (Lipinski definition) is 2. The summed E-state index contributed by atoms with van der Waals surface area (Å²) in [5.41, 5.74) is 3.44. The maximum atomic E-state index is 6.31. The van der Waals surface area contributed by atoms with E-state index in [0.29, 0.717) is 22.6 Å². The van der Waals surface area contributed by atoms with Gasteiger partial charge >= 0.3 is 0 Å². The van der Waals surface area contributed by atoms with Gasteiger partial charge in [0.1, 0.15) is 5.02 Å². The van der Waals surface area contributed by atoms with Crippen molar-refractivity contribution in [3.8, 4) is 10.7 Å². The Balaban J connectivity index is 1.63. The van der Waals surface area contributed by atoms with Gasteiger partial charge in [0.25, 0.3) is 0 Å². The molecular formula is C18H19ClN4S. The molecular weight excluding hydrogens is 340 g/mol. The summed E-state index contributed by atoms with van der Waals surface area (Å²) >= 11 is 8.03. The van der Waals surface area contributed by atoms with Crippen LogP contribution in [0.15, 0.2) is 24.4 Å². The zero-order chi connectivity index (χ0) is 16.7. The van der Waals surface area contributed by atoms with Crippen LogP contribution in [0, 0.1) is 6.92 Å². The largest absolute Gasteiger partial charge is 0.361 e. The number of nitrogens with zero attached hydrogens (tertiary/aromatic N) is 2. The third-order valence-electron chi connectivity index (χ3n) is 4.28. The van der Waals surface area contributed by atoms with Crippen LogP contribution in [0.5, 0.6) is 0 Å². The molecule has 4 rings (SSSR count). The van der Waals surface area contributed by atoms with Crippen molar-refractivity contribution in [3.05, 3.63) is 45.7 Å². The number of aromatic amines is 1. The van der Waals surface area contributed by atoms with Crippen molar-refractivity contribution in [1.82, 2.24) is 15.0 Å². The van der Waals surface area contributed by atoms with Crippen LogP contribution in [0.4, 0.5) is 11.5 Å². The third kappa shape index (κ3) is 3.06. The minimum atomic E-state index is 0.527. The molecule has 0 aliphatic heterocycles. The normalized spacial score (nSPS) is 14.1. The lowest BCUT2D eigenvalue weighted by Crippen LogP contribution is -1.98. The van der Waals surface area contributed by atoms with E-state index in [1.165, 1.54) is 23.4 Å². The van der Waals surface area contributed by atoms with Gasteiger partial charge in [-0.1, -0.05) is 18.5 Å². The number of rotatable bonds is 5. The molecule has 1 fully saturated rings. The average molecular weight is 359 g/mol. The minimum absolute atomic E-state index is 0.527. The number of aromatic nitrogens is 3. The molecule has 0 saturated heterocycles. The molecule has 3 heterocycles. The highest BCUT2D eigenvalue weighted by molar-refractivity contribution is 7.15. The molecule has 1 aliphatic rings. The highest BCUT2D eigenvalue weighted by atomic mass is 35.5. The smallest absolute Gasteiger partial charge is 0.171 e. The topological polar surface area (TPSA) is 53.6 Å². The fraction of sp³-hybridized carbons (Fsp3) is 0.333. The molecule has 1 aliphatic carbocycles. The second kappa shape index (κ2) is 6.22. The van der Waals surface area contributed by atoms with E-state index in [4.69, 9.17) is 11.6 Å². The van der Waals surface area contributed by atoms with E-state index in [-0.39, 0.29) is 0 Å². The van der Waals surface area contributed by atoms with Crippen LogP contribution in [0.1, 0.15) is 41.9 Å². The molecule has 3 aromatic rings. The van der Waals surface area contributed by atoms with Crippen LogP contribution in [-0.2, 0) is 6.42 Å². The van der Waals surface area contributed by atoms with Gasteiger partial charge in [0.15, 0.2) is 11.6 Å². The second-order valence-corrected chi connectivity index (χ2v) is 7.75. The molecule has 0 unspecified atom stereocenters. The molecule has 24 heavy (non-hydrogen) atoms. The Hall–Kier alpha value is -1.85. The average Bonchev–Trinajstić information content (AvgIpc) is 3.21. The number of aryl methyl sites for hydroxylation is 2. The van der Waals surface area contributed by atoms with E-state index in [0.717, 1.165) is 22.7 Å². The fourth-order valence-electron chi connectivity index (χ4n) is 2.72. The van der Waals surface area contributed by atoms with Gasteiger partial charge in [-0.3, -0.25) is 0 Å². The summed E-state index contributed by atoms with van der Waals surface area (Å²) in [7, 11) is 0. The van der Waals surface area contributed by atoms with Gasteiger partial charge in [-0.05, 0) is 50.3 Å². The molecule has 0 bridgehead atoms. The van der Waals surface area contributed by atoms with Crippen molar-refractivity contribution in [2.75, 3.05) is 5.32 Å². The van der Waals surface area contributed by atoms with E-state index in [2.05, 4.69) is 52.3 Å². The number of anilines is 2. The van der Waals surface area contributed by atoms with E-state index in [1.807, 2.05) is 0 Å². The number of thiophene rings is 1. The van der Waals surface area contributed by atoms with Gasteiger partial charge in [0.05, 0.1) is 16.8 Å². The molecule has 124 valence electrons. The Morgan fingerprint density at radius 2 is 2.21 bits per heavy atom. The zero-order valence-corrected chi connectivity index (χ0v) is 15.3. The predicted octanol–water partition coefficient (Wildman–Crippen LogP) is 5.68. The van der Waals surface area contributed by atoms with Gasteiger partial charge in [-0.2, -0.15) is 0 Å². The molecule has 0 atom stereocenters. The molecule has 1 saturated carbocycles. The Bertz CT molecular complexity index is 879. The molecule has 6 heteroatoms. The first-order chi connectivity index (χ1) is 11.6. The van der Waals surface area contributed by atoms with Gasteiger partial charge in [-0.15, -0.1) is 11.3 Å². The summed E-state index contributed by atoms with van der Waals surface area (Å²) in [6.07, 6.45) is 5.24. The highest BCUT2D eigenvalue weighted by Crippen LogP contribution is 2.41. The molecule has 0 amide bonds. The van der Waals surface area contributed by atoms with Gasteiger partial charge in [-0.25, -0.2) is 9.97 Å². The van der Waals surface area contributed by atoms with Crippen LogP contribution >= 0.6 is 22.9 Å². The van der Waals surface area contributed by atoms with Crippen molar-refractivity contribution in [3.63, 3.8) is 0 Å². The predicted molar refractivity (Wildman–Crippen MR) is 101 cm³/mol. The summed E-state index contributed by atoms with van der Waals surface area (Å²) < 4.78 is 0. The van der Waals surface area contributed by atoms with E-state index < -0.39 is 0 Å². The monoisotopic (exact) mass is 358 g/mol. The van der Waals surface area contributed by atoms with Crippen LogP contribution in [0.3, 0.4) is 0 Å². The molecule has 2 N–H and O–H groups in total. The SMILES string of the molecule is CCc1ccc(-c2ncc(Cl)c(Nc3cc(C4CC4)[nH]c3C)n2)s1. The van der Waals surface area contributed by atoms with Gasteiger partial charge < -0.3 is 10.3 Å². The lowest BCUT2D eigenvalue weighted by atomic mass is 10.3. The summed E-state index contributed by atoms with van der Waals surface area (Å²) in [5, 5.41) is 3.89. The number of nitrogens with one attached hydrogen (secondary N) is 2. The van der Waals surface area contributed by atoms with Crippen molar-refractivity contribution in [1.29, 1.82) is 0 Å². The summed E-state index contributed by atoms with van der Waals surface area (Å²) in [5.74, 6) is 2.05. The van der Waals surface area contributed by atoms with Crippen molar-refractivity contribution < 1.29 is 0 Å². The fourth-order valence-corrected chi connectivity index (χ4v) is 3.74. The first-order valence-electron chi connectivity index (χ1n) is 8.22. The summed E-state index contributed by atoms with van der Waals surface area (Å²) in [6.45, 7) is 4.22. The molecule has 0 radical (unpaired) electrons. The van der Waals surface area contributed by atoms with Gasteiger partial charge in [0.2, 0.25) is 0 Å². The van der Waals surface area contributed by atoms with Crippen LogP contribution in [0.25, 0.3) is 10.7 Å². The standard InChI is InChI=1S/C18H19ClN4S/c1-3-12-6-7-16(24-12)18-20-9-13(19)17(23-18)22-14-8-15(11-4-5-11)21-10(14)2/h6-9,11,21H,3-5H2,1-2H3,(H,20,22,23). The van der Waals surface area contributed by atoms with Crippen LogP contribution in [0.2, 0.25) is 5.02 Å². The minimum Gasteiger partial charge on any atom is -0.361 e. The quantitative estimate of drug-likeness (QED) is 0.617. The van der Waals surface area contributed by atoms with Crippen molar-refractivity contribution in [2.45, 2.75) is 39.0 Å². The second-order valence-electron chi connectivity index (χ2n) is 6.17. The lowest BCUT2D eigenvalue weighted by Gasteiger charge is -2.07. The first-order valence-corrected chi connectivity index (χ1v) is 9.41. The Labute approximate surface area is 150 Å².